The molecular formula is C18H20F3N3O5. The van der Waals surface area contributed by atoms with Crippen molar-refractivity contribution in [3.63, 3.8) is 0 Å². The molecule has 11 heteroatoms. The molecule has 0 saturated heterocycles. The third-order valence-corrected chi connectivity index (χ3v) is 4.10. The van der Waals surface area contributed by atoms with Gasteiger partial charge in [0.05, 0.1) is 0 Å². The molecule has 0 aliphatic carbocycles. The zero-order valence-corrected chi connectivity index (χ0v) is 15.2. The van der Waals surface area contributed by atoms with Crippen LogP contribution >= 0.6 is 0 Å². The second-order valence-electron chi connectivity index (χ2n) is 6.39. The second kappa shape index (κ2) is 9.41. The largest absolute Gasteiger partial charge is 0.480 e. The molecule has 0 radical (unpaired) electrons. The number of halogens is 3. The first-order chi connectivity index (χ1) is 13.6. The fourth-order valence-electron chi connectivity index (χ4n) is 2.64. The highest BCUT2D eigenvalue weighted by Gasteiger charge is 2.32. The lowest BCUT2D eigenvalue weighted by atomic mass is 10.0. The summed E-state index contributed by atoms with van der Waals surface area (Å²) in [7, 11) is 0. The van der Waals surface area contributed by atoms with E-state index in [0.29, 0.717) is 5.56 Å². The van der Waals surface area contributed by atoms with Crippen LogP contribution in [0.5, 0.6) is 0 Å². The van der Waals surface area contributed by atoms with Crippen LogP contribution in [0.3, 0.4) is 0 Å². The number of carboxylic acid groups (broad SMARTS) is 1. The molecule has 5 N–H and O–H groups in total. The van der Waals surface area contributed by atoms with Crippen LogP contribution in [0, 0.1) is 0 Å². The number of hydrogen-bond acceptors (Lipinski definition) is 5. The number of amides is 1. The summed E-state index contributed by atoms with van der Waals surface area (Å²) in [6.45, 7) is -1.78. The number of carbonyl (C=O) groups is 3. The number of H-pyrrole nitrogens is 1. The van der Waals surface area contributed by atoms with Crippen molar-refractivity contribution < 1.29 is 37.4 Å². The smallest absolute Gasteiger partial charge is 0.422 e. The molecule has 1 heterocycles. The van der Waals surface area contributed by atoms with E-state index in [0.717, 1.165) is 10.9 Å². The van der Waals surface area contributed by atoms with Crippen molar-refractivity contribution in [2.24, 2.45) is 5.73 Å². The van der Waals surface area contributed by atoms with Gasteiger partial charge in [-0.05, 0) is 18.1 Å². The molecule has 0 saturated carbocycles. The molecule has 0 bridgehead atoms. The molecule has 0 fully saturated rings. The van der Waals surface area contributed by atoms with Gasteiger partial charge in [0.1, 0.15) is 12.1 Å². The van der Waals surface area contributed by atoms with E-state index < -0.39 is 42.7 Å². The number of carboxylic acids is 1. The van der Waals surface area contributed by atoms with Crippen molar-refractivity contribution in [3.05, 3.63) is 36.0 Å². The number of hydrogen-bond donors (Lipinski definition) is 4. The third-order valence-electron chi connectivity index (χ3n) is 4.10. The molecule has 1 aromatic carbocycles. The number of ether oxygens (including phenoxy) is 1. The summed E-state index contributed by atoms with van der Waals surface area (Å²) in [4.78, 5) is 37.9. The highest BCUT2D eigenvalue weighted by molar-refractivity contribution is 5.87. The molecular weight excluding hydrogens is 395 g/mol. The standard InChI is InChI=1S/C18H20F3N3O5/c19-18(20,21)9-29-17(28)14(24-15(25)6-5-12(22)16(26)27)7-10-8-23-13-4-2-1-3-11(10)13/h1-4,8,12,14,23H,5-7,9,22H2,(H,24,25)(H,26,27)/t12-,14?/m1/s1. The zero-order valence-electron chi connectivity index (χ0n) is 15.2. The number of rotatable bonds is 9. The summed E-state index contributed by atoms with van der Waals surface area (Å²) in [6.07, 6.45) is -3.75. The number of aromatic amines is 1. The second-order valence-corrected chi connectivity index (χ2v) is 6.39. The lowest BCUT2D eigenvalue weighted by molar-refractivity contribution is -0.187. The number of aliphatic carboxylic acids is 1. The normalized spacial score (nSPS) is 13.7. The summed E-state index contributed by atoms with van der Waals surface area (Å²) in [5.74, 6) is -3.27. The number of carbonyl (C=O) groups excluding carboxylic acids is 2. The number of fused-ring (bicyclic) bond motifs is 1. The Morgan fingerprint density at radius 2 is 1.93 bits per heavy atom. The Balaban J connectivity index is 2.11. The Hall–Kier alpha value is -3.08. The molecule has 1 aromatic heterocycles. The van der Waals surface area contributed by atoms with E-state index in [2.05, 4.69) is 15.0 Å². The minimum absolute atomic E-state index is 0.114. The molecule has 2 rings (SSSR count). The van der Waals surface area contributed by atoms with E-state index in [9.17, 15) is 27.6 Å². The molecule has 1 amide bonds. The highest BCUT2D eigenvalue weighted by Crippen LogP contribution is 2.20. The van der Waals surface area contributed by atoms with Crippen LogP contribution < -0.4 is 11.1 Å². The molecule has 29 heavy (non-hydrogen) atoms. The van der Waals surface area contributed by atoms with Gasteiger partial charge in [-0.2, -0.15) is 13.2 Å². The number of aromatic nitrogens is 1. The maximum atomic E-state index is 12.4. The summed E-state index contributed by atoms with van der Waals surface area (Å²) in [5.41, 5.74) is 6.67. The summed E-state index contributed by atoms with van der Waals surface area (Å²) in [5, 5.41) is 11.8. The maximum Gasteiger partial charge on any atom is 0.422 e. The summed E-state index contributed by atoms with van der Waals surface area (Å²) >= 11 is 0. The number of nitrogens with one attached hydrogen (secondary N) is 2. The average Bonchev–Trinajstić information content (AvgIpc) is 3.06. The van der Waals surface area contributed by atoms with Crippen LogP contribution in [0.4, 0.5) is 13.2 Å². The van der Waals surface area contributed by atoms with Crippen molar-refractivity contribution in [1.82, 2.24) is 10.3 Å². The van der Waals surface area contributed by atoms with Gasteiger partial charge in [0.25, 0.3) is 0 Å². The van der Waals surface area contributed by atoms with Crippen molar-refractivity contribution in [2.75, 3.05) is 6.61 Å². The number of benzene rings is 1. The zero-order chi connectivity index (χ0) is 21.6. The fourth-order valence-corrected chi connectivity index (χ4v) is 2.64. The minimum atomic E-state index is -4.71. The molecule has 0 aliphatic heterocycles. The molecule has 158 valence electrons. The Kier molecular flexibility index (Phi) is 7.21. The van der Waals surface area contributed by atoms with Gasteiger partial charge >= 0.3 is 18.1 Å². The maximum absolute atomic E-state index is 12.4. The van der Waals surface area contributed by atoms with Crippen molar-refractivity contribution >= 4 is 28.7 Å². The van der Waals surface area contributed by atoms with Crippen LogP contribution in [-0.2, 0) is 25.5 Å². The van der Waals surface area contributed by atoms with Crippen LogP contribution in [0.25, 0.3) is 10.9 Å². The van der Waals surface area contributed by atoms with Crippen molar-refractivity contribution in [3.8, 4) is 0 Å². The van der Waals surface area contributed by atoms with Gasteiger partial charge in [-0.1, -0.05) is 18.2 Å². The highest BCUT2D eigenvalue weighted by atomic mass is 19.4. The Bertz CT molecular complexity index is 881. The fraction of sp³-hybridized carbons (Fsp3) is 0.389. The van der Waals surface area contributed by atoms with Gasteiger partial charge in [0.15, 0.2) is 6.61 Å². The molecule has 1 unspecified atom stereocenters. The van der Waals surface area contributed by atoms with E-state index in [1.165, 1.54) is 0 Å². The van der Waals surface area contributed by atoms with Crippen LogP contribution in [0.1, 0.15) is 18.4 Å². The lowest BCUT2D eigenvalue weighted by Gasteiger charge is -2.18. The van der Waals surface area contributed by atoms with Crippen LogP contribution in [-0.4, -0.2) is 52.8 Å². The van der Waals surface area contributed by atoms with Gasteiger partial charge < -0.3 is 25.9 Å². The van der Waals surface area contributed by atoms with Crippen molar-refractivity contribution in [2.45, 2.75) is 37.5 Å². The molecule has 0 spiro atoms. The van der Waals surface area contributed by atoms with Gasteiger partial charge in [0, 0.05) is 29.9 Å². The third kappa shape index (κ3) is 6.79. The summed E-state index contributed by atoms with van der Waals surface area (Å²) < 4.78 is 41.4. The first kappa shape index (κ1) is 22.2. The SMILES string of the molecule is N[C@H](CCC(=O)NC(Cc1c[nH]c2ccccc12)C(=O)OCC(F)(F)F)C(=O)O. The topological polar surface area (TPSA) is 135 Å². The van der Waals surface area contributed by atoms with E-state index in [-0.39, 0.29) is 19.3 Å². The number of esters is 1. The van der Waals surface area contributed by atoms with Gasteiger partial charge in [0.2, 0.25) is 5.91 Å². The van der Waals surface area contributed by atoms with Crippen LogP contribution in [0.2, 0.25) is 0 Å². The Morgan fingerprint density at radius 3 is 2.59 bits per heavy atom. The van der Waals surface area contributed by atoms with E-state index >= 15 is 0 Å². The average molecular weight is 415 g/mol. The van der Waals surface area contributed by atoms with Gasteiger partial charge in [-0.15, -0.1) is 0 Å². The monoisotopic (exact) mass is 415 g/mol. The van der Waals surface area contributed by atoms with E-state index in [4.69, 9.17) is 10.8 Å². The molecule has 2 atom stereocenters. The predicted octanol–water partition coefficient (Wildman–Crippen LogP) is 1.49. The molecule has 8 nitrogen and oxygen atoms in total. The van der Waals surface area contributed by atoms with Crippen LogP contribution in [0.15, 0.2) is 30.5 Å². The van der Waals surface area contributed by atoms with Gasteiger partial charge in [-0.3, -0.25) is 9.59 Å². The number of nitrogens with two attached hydrogens (primary N) is 1. The minimum Gasteiger partial charge on any atom is -0.480 e. The van der Waals surface area contributed by atoms with E-state index in [1.54, 1.807) is 30.5 Å². The lowest BCUT2D eigenvalue weighted by Crippen LogP contribution is -2.44. The Morgan fingerprint density at radius 1 is 1.24 bits per heavy atom. The number of alkyl halides is 3. The quantitative estimate of drug-likeness (QED) is 0.459. The predicted molar refractivity (Wildman–Crippen MR) is 95.8 cm³/mol. The first-order valence-corrected chi connectivity index (χ1v) is 8.63. The number of para-hydroxylation sites is 1. The Labute approximate surface area is 163 Å². The van der Waals surface area contributed by atoms with Crippen molar-refractivity contribution in [1.29, 1.82) is 0 Å². The first-order valence-electron chi connectivity index (χ1n) is 8.63. The molecule has 0 aliphatic rings. The van der Waals surface area contributed by atoms with Gasteiger partial charge in [-0.25, -0.2) is 4.79 Å². The molecule has 2 aromatic rings. The van der Waals surface area contributed by atoms with E-state index in [1.807, 2.05) is 0 Å². The summed E-state index contributed by atoms with van der Waals surface area (Å²) in [6, 6.07) is 4.41.